The predicted octanol–water partition coefficient (Wildman–Crippen LogP) is 4.98. The van der Waals surface area contributed by atoms with Gasteiger partial charge in [-0.1, -0.05) is 13.8 Å². The zero-order chi connectivity index (χ0) is 14.7. The van der Waals surface area contributed by atoms with Gasteiger partial charge in [0.05, 0.1) is 9.40 Å². The molecule has 0 aliphatic heterocycles. The van der Waals surface area contributed by atoms with Gasteiger partial charge in [-0.25, -0.2) is 0 Å². The highest BCUT2D eigenvalue weighted by molar-refractivity contribution is 9.10. The Morgan fingerprint density at radius 2 is 1.95 bits per heavy atom. The molecule has 1 aromatic rings. The number of hydrogen-bond donors (Lipinski definition) is 1. The summed E-state index contributed by atoms with van der Waals surface area (Å²) in [5.74, 6) is 1.61. The molecule has 1 saturated carbocycles. The van der Waals surface area contributed by atoms with Crippen molar-refractivity contribution < 1.29 is 4.92 Å². The summed E-state index contributed by atoms with van der Waals surface area (Å²) >= 11 is 3.26. The molecule has 1 aromatic carbocycles. The number of nitrogens with zero attached hydrogens (tertiary/aromatic N) is 1. The zero-order valence-corrected chi connectivity index (χ0v) is 13.5. The van der Waals surface area contributed by atoms with E-state index in [1.165, 1.54) is 25.7 Å². The minimum absolute atomic E-state index is 0.110. The van der Waals surface area contributed by atoms with Gasteiger partial charge in [0.1, 0.15) is 0 Å². The van der Waals surface area contributed by atoms with Crippen LogP contribution in [0.4, 0.5) is 11.4 Å². The van der Waals surface area contributed by atoms with E-state index in [2.05, 4.69) is 35.1 Å². The summed E-state index contributed by atoms with van der Waals surface area (Å²) in [6.07, 6.45) is 4.89. The summed E-state index contributed by atoms with van der Waals surface area (Å²) in [4.78, 5) is 10.4. The smallest absolute Gasteiger partial charge is 0.283 e. The van der Waals surface area contributed by atoms with E-state index in [4.69, 9.17) is 0 Å². The third-order valence-corrected chi connectivity index (χ3v) is 4.86. The van der Waals surface area contributed by atoms with Gasteiger partial charge in [0, 0.05) is 17.8 Å². The maximum absolute atomic E-state index is 10.8. The lowest BCUT2D eigenvalue weighted by atomic mass is 9.79. The largest absolute Gasteiger partial charge is 0.382 e. The molecule has 110 valence electrons. The number of nitro groups is 1. The van der Waals surface area contributed by atoms with Crippen LogP contribution in [0.2, 0.25) is 0 Å². The molecule has 0 atom stereocenters. The predicted molar refractivity (Wildman–Crippen MR) is 85.0 cm³/mol. The molecule has 0 radical (unpaired) electrons. The van der Waals surface area contributed by atoms with Gasteiger partial charge in [0.2, 0.25) is 0 Å². The average molecular weight is 341 g/mol. The standard InChI is InChI=1S/C15H21BrN2O2/c1-10(2)11-3-5-12(6-4-11)17-13-7-8-15(18(19)20)14(16)9-13/h7-12,17H,3-6H2,1-2H3. The molecule has 0 heterocycles. The molecule has 1 fully saturated rings. The van der Waals surface area contributed by atoms with Crippen LogP contribution in [0, 0.1) is 22.0 Å². The third-order valence-electron chi connectivity index (χ3n) is 4.23. The molecule has 0 unspecified atom stereocenters. The fourth-order valence-electron chi connectivity index (χ4n) is 2.91. The maximum atomic E-state index is 10.8. The fraction of sp³-hybridized carbons (Fsp3) is 0.600. The summed E-state index contributed by atoms with van der Waals surface area (Å²) in [5, 5.41) is 14.3. The van der Waals surface area contributed by atoms with Gasteiger partial charge in [-0.2, -0.15) is 0 Å². The quantitative estimate of drug-likeness (QED) is 0.620. The first-order valence-electron chi connectivity index (χ1n) is 7.18. The number of nitro benzene ring substituents is 1. The highest BCUT2D eigenvalue weighted by Gasteiger charge is 2.23. The molecule has 0 amide bonds. The molecule has 0 spiro atoms. The second-order valence-corrected chi connectivity index (χ2v) is 6.78. The summed E-state index contributed by atoms with van der Waals surface area (Å²) in [6.45, 7) is 4.59. The molecule has 0 bridgehead atoms. The molecule has 4 nitrogen and oxygen atoms in total. The lowest BCUT2D eigenvalue weighted by Gasteiger charge is -2.31. The lowest BCUT2D eigenvalue weighted by Crippen LogP contribution is -2.27. The Morgan fingerprint density at radius 1 is 1.30 bits per heavy atom. The first-order valence-corrected chi connectivity index (χ1v) is 7.97. The Balaban J connectivity index is 1.95. The lowest BCUT2D eigenvalue weighted by molar-refractivity contribution is -0.385. The molecule has 1 aliphatic carbocycles. The number of nitrogens with one attached hydrogen (secondary N) is 1. The minimum atomic E-state index is -0.373. The van der Waals surface area contributed by atoms with Crippen molar-refractivity contribution in [3.63, 3.8) is 0 Å². The highest BCUT2D eigenvalue weighted by atomic mass is 79.9. The van der Waals surface area contributed by atoms with E-state index in [1.54, 1.807) is 18.2 Å². The average Bonchev–Trinajstić information content (AvgIpc) is 2.39. The van der Waals surface area contributed by atoms with Gasteiger partial charge in [-0.15, -0.1) is 0 Å². The zero-order valence-electron chi connectivity index (χ0n) is 11.9. The molecule has 1 aliphatic rings. The molecule has 1 N–H and O–H groups in total. The summed E-state index contributed by atoms with van der Waals surface area (Å²) in [7, 11) is 0. The first kappa shape index (κ1) is 15.3. The van der Waals surface area contributed by atoms with E-state index in [1.807, 2.05) is 0 Å². The van der Waals surface area contributed by atoms with Crippen molar-refractivity contribution in [2.24, 2.45) is 11.8 Å². The Hall–Kier alpha value is -1.10. The molecule has 20 heavy (non-hydrogen) atoms. The minimum Gasteiger partial charge on any atom is -0.382 e. The van der Waals surface area contributed by atoms with E-state index in [-0.39, 0.29) is 10.6 Å². The SMILES string of the molecule is CC(C)C1CCC(Nc2ccc([N+](=O)[O-])c(Br)c2)CC1. The Kier molecular flexibility index (Phi) is 5.02. The van der Waals surface area contributed by atoms with Crippen molar-refractivity contribution in [2.45, 2.75) is 45.6 Å². The van der Waals surface area contributed by atoms with E-state index >= 15 is 0 Å². The topological polar surface area (TPSA) is 55.2 Å². The van der Waals surface area contributed by atoms with Crippen molar-refractivity contribution in [3.8, 4) is 0 Å². The normalized spacial score (nSPS) is 22.8. The molecule has 2 rings (SSSR count). The second-order valence-electron chi connectivity index (χ2n) is 5.92. The summed E-state index contributed by atoms with van der Waals surface area (Å²) in [6, 6.07) is 5.62. The molecule has 0 aromatic heterocycles. The van der Waals surface area contributed by atoms with Crippen molar-refractivity contribution in [1.29, 1.82) is 0 Å². The molecule has 5 heteroatoms. The van der Waals surface area contributed by atoms with Crippen LogP contribution in [-0.2, 0) is 0 Å². The van der Waals surface area contributed by atoms with Gasteiger partial charge in [0.25, 0.3) is 5.69 Å². The van der Waals surface area contributed by atoms with Crippen LogP contribution in [0.15, 0.2) is 22.7 Å². The van der Waals surface area contributed by atoms with E-state index in [0.29, 0.717) is 10.5 Å². The van der Waals surface area contributed by atoms with Crippen LogP contribution >= 0.6 is 15.9 Å². The molecule has 0 saturated heterocycles. The van der Waals surface area contributed by atoms with E-state index < -0.39 is 0 Å². The van der Waals surface area contributed by atoms with Crippen molar-refractivity contribution >= 4 is 27.3 Å². The van der Waals surface area contributed by atoms with Gasteiger partial charge in [-0.3, -0.25) is 10.1 Å². The maximum Gasteiger partial charge on any atom is 0.283 e. The van der Waals surface area contributed by atoms with E-state index in [9.17, 15) is 10.1 Å². The monoisotopic (exact) mass is 340 g/mol. The van der Waals surface area contributed by atoms with Crippen molar-refractivity contribution in [2.75, 3.05) is 5.32 Å². The third kappa shape index (κ3) is 3.72. The van der Waals surface area contributed by atoms with Gasteiger partial charge in [-0.05, 0) is 65.6 Å². The highest BCUT2D eigenvalue weighted by Crippen LogP contribution is 2.33. The van der Waals surface area contributed by atoms with Gasteiger partial charge in [0.15, 0.2) is 0 Å². The summed E-state index contributed by atoms with van der Waals surface area (Å²) < 4.78 is 0.531. The number of hydrogen-bond acceptors (Lipinski definition) is 3. The number of halogens is 1. The number of benzene rings is 1. The Labute approximate surface area is 128 Å². The van der Waals surface area contributed by atoms with E-state index in [0.717, 1.165) is 17.5 Å². The van der Waals surface area contributed by atoms with Gasteiger partial charge >= 0.3 is 0 Å². The van der Waals surface area contributed by atoms with Crippen LogP contribution in [0.5, 0.6) is 0 Å². The first-order chi connectivity index (χ1) is 9.47. The molecular weight excluding hydrogens is 320 g/mol. The summed E-state index contributed by atoms with van der Waals surface area (Å²) in [5.41, 5.74) is 1.06. The van der Waals surface area contributed by atoms with Crippen molar-refractivity contribution in [1.82, 2.24) is 0 Å². The van der Waals surface area contributed by atoms with Crippen LogP contribution in [0.3, 0.4) is 0 Å². The fourth-order valence-corrected chi connectivity index (χ4v) is 3.43. The molecular formula is C15H21BrN2O2. The van der Waals surface area contributed by atoms with Crippen molar-refractivity contribution in [3.05, 3.63) is 32.8 Å². The Bertz CT molecular complexity index is 483. The van der Waals surface area contributed by atoms with Crippen LogP contribution < -0.4 is 5.32 Å². The second kappa shape index (κ2) is 6.57. The number of rotatable bonds is 4. The van der Waals surface area contributed by atoms with Crippen LogP contribution in [0.1, 0.15) is 39.5 Å². The van der Waals surface area contributed by atoms with Gasteiger partial charge < -0.3 is 5.32 Å². The van der Waals surface area contributed by atoms with Crippen LogP contribution in [0.25, 0.3) is 0 Å². The Morgan fingerprint density at radius 3 is 2.45 bits per heavy atom. The van der Waals surface area contributed by atoms with Crippen LogP contribution in [-0.4, -0.2) is 11.0 Å². The number of anilines is 1.